The van der Waals surface area contributed by atoms with Crippen LogP contribution in [0.15, 0.2) is 30.3 Å². The molecule has 4 fully saturated rings. The van der Waals surface area contributed by atoms with Crippen molar-refractivity contribution in [1.29, 1.82) is 0 Å². The molecule has 166 valence electrons. The van der Waals surface area contributed by atoms with Crippen LogP contribution in [0.25, 0.3) is 0 Å². The second-order valence-electron chi connectivity index (χ2n) is 9.57. The fourth-order valence-corrected chi connectivity index (χ4v) is 6.20. The molecule has 3 amide bonds. The fourth-order valence-electron chi connectivity index (χ4n) is 6.20. The number of carbonyl (C=O) groups excluding carboxylic acids is 3. The third kappa shape index (κ3) is 4.07. The van der Waals surface area contributed by atoms with Gasteiger partial charge >= 0.3 is 0 Å². The summed E-state index contributed by atoms with van der Waals surface area (Å²) in [5.74, 6) is 0.577. The molecule has 1 aromatic carbocycles. The molecule has 0 saturated carbocycles. The number of benzene rings is 1. The number of carbonyl (C=O) groups is 3. The standard InChI is InChI=1S/C24H32N4O3/c29-21-16-27(12-10-25-21)24(31)23-19-13-18(20-7-4-8-22(30)28(20)23)14-26(15-19)11-9-17-5-2-1-3-6-17/h1-3,5-6,18-20,23H,4,7-16H2,(H,25,29)/t18-,19+,20-,23+/m0/s1. The molecular formula is C24H32N4O3. The summed E-state index contributed by atoms with van der Waals surface area (Å²) in [7, 11) is 0. The SMILES string of the molecule is O=C1CN(C(=O)[C@H]2[C@@H]3C[C@@H](CN(CCc4ccccc4)C3)[C@@H]3CCCC(=O)N32)CCN1. The Balaban J connectivity index is 1.36. The lowest BCUT2D eigenvalue weighted by atomic mass is 9.71. The zero-order valence-electron chi connectivity index (χ0n) is 18.0. The maximum atomic E-state index is 13.6. The predicted octanol–water partition coefficient (Wildman–Crippen LogP) is 0.889. The van der Waals surface area contributed by atoms with Crippen LogP contribution in [0.4, 0.5) is 0 Å². The van der Waals surface area contributed by atoms with E-state index in [0.29, 0.717) is 25.4 Å². The Morgan fingerprint density at radius 1 is 1.10 bits per heavy atom. The molecule has 0 radical (unpaired) electrons. The molecule has 7 nitrogen and oxygen atoms in total. The lowest BCUT2D eigenvalue weighted by molar-refractivity contribution is -0.166. The number of hydrogen-bond donors (Lipinski definition) is 1. The first-order valence-corrected chi connectivity index (χ1v) is 11.7. The Kier molecular flexibility index (Phi) is 5.69. The van der Waals surface area contributed by atoms with Crippen molar-refractivity contribution in [3.05, 3.63) is 35.9 Å². The van der Waals surface area contributed by atoms with Gasteiger partial charge in [-0.3, -0.25) is 14.4 Å². The largest absolute Gasteiger partial charge is 0.353 e. The summed E-state index contributed by atoms with van der Waals surface area (Å²) < 4.78 is 0. The van der Waals surface area contributed by atoms with E-state index in [2.05, 4.69) is 34.5 Å². The van der Waals surface area contributed by atoms with Crippen molar-refractivity contribution < 1.29 is 14.4 Å². The molecule has 4 atom stereocenters. The van der Waals surface area contributed by atoms with E-state index in [4.69, 9.17) is 0 Å². The first kappa shape index (κ1) is 20.5. The Labute approximate surface area is 183 Å². The molecule has 7 heteroatoms. The third-order valence-corrected chi connectivity index (χ3v) is 7.58. The van der Waals surface area contributed by atoms with Gasteiger partial charge in [-0.2, -0.15) is 0 Å². The molecule has 4 heterocycles. The average Bonchev–Trinajstić information content (AvgIpc) is 2.79. The molecular weight excluding hydrogens is 392 g/mol. The molecule has 0 aromatic heterocycles. The molecule has 1 aromatic rings. The Bertz CT molecular complexity index is 844. The molecule has 4 aliphatic rings. The summed E-state index contributed by atoms with van der Waals surface area (Å²) in [5.41, 5.74) is 1.33. The maximum absolute atomic E-state index is 13.6. The van der Waals surface area contributed by atoms with E-state index >= 15 is 0 Å². The highest BCUT2D eigenvalue weighted by molar-refractivity contribution is 5.92. The van der Waals surface area contributed by atoms with Gasteiger partial charge < -0.3 is 20.0 Å². The minimum absolute atomic E-state index is 0.0246. The van der Waals surface area contributed by atoms with Crippen molar-refractivity contribution in [1.82, 2.24) is 20.0 Å². The molecule has 0 spiro atoms. The van der Waals surface area contributed by atoms with Crippen LogP contribution < -0.4 is 5.32 Å². The molecule has 1 N–H and O–H groups in total. The summed E-state index contributed by atoms with van der Waals surface area (Å²) in [4.78, 5) is 44.6. The first-order valence-electron chi connectivity index (χ1n) is 11.7. The highest BCUT2D eigenvalue weighted by atomic mass is 16.2. The van der Waals surface area contributed by atoms with E-state index in [1.165, 1.54) is 5.56 Å². The van der Waals surface area contributed by atoms with Crippen molar-refractivity contribution in [3.63, 3.8) is 0 Å². The fraction of sp³-hybridized carbons (Fsp3) is 0.625. The van der Waals surface area contributed by atoms with Gasteiger partial charge in [0.2, 0.25) is 17.7 Å². The van der Waals surface area contributed by atoms with Crippen molar-refractivity contribution in [2.75, 3.05) is 39.3 Å². The van der Waals surface area contributed by atoms with Gasteiger partial charge in [0.05, 0.1) is 6.54 Å². The minimum atomic E-state index is -0.417. The second kappa shape index (κ2) is 8.61. The minimum Gasteiger partial charge on any atom is -0.353 e. The monoisotopic (exact) mass is 424 g/mol. The van der Waals surface area contributed by atoms with Gasteiger partial charge in [0.1, 0.15) is 6.04 Å². The topological polar surface area (TPSA) is 73.0 Å². The van der Waals surface area contributed by atoms with E-state index in [9.17, 15) is 14.4 Å². The molecule has 31 heavy (non-hydrogen) atoms. The molecule has 5 rings (SSSR count). The van der Waals surface area contributed by atoms with E-state index < -0.39 is 6.04 Å². The number of piperazine rings is 1. The van der Waals surface area contributed by atoms with Crippen LogP contribution in [0.3, 0.4) is 0 Å². The van der Waals surface area contributed by atoms with Gasteiger partial charge in [0.25, 0.3) is 0 Å². The van der Waals surface area contributed by atoms with Crippen LogP contribution in [0, 0.1) is 11.8 Å². The number of hydrogen-bond acceptors (Lipinski definition) is 4. The van der Waals surface area contributed by atoms with Crippen LogP contribution in [-0.2, 0) is 20.8 Å². The Morgan fingerprint density at radius 2 is 1.90 bits per heavy atom. The van der Waals surface area contributed by atoms with Gasteiger partial charge in [0.15, 0.2) is 0 Å². The maximum Gasteiger partial charge on any atom is 0.246 e. The van der Waals surface area contributed by atoms with Crippen LogP contribution >= 0.6 is 0 Å². The predicted molar refractivity (Wildman–Crippen MR) is 116 cm³/mol. The van der Waals surface area contributed by atoms with Crippen molar-refractivity contribution in [3.8, 4) is 0 Å². The number of likely N-dealkylation sites (tertiary alicyclic amines) is 1. The van der Waals surface area contributed by atoms with E-state index in [-0.39, 0.29) is 36.2 Å². The van der Waals surface area contributed by atoms with E-state index in [1.807, 2.05) is 11.0 Å². The Morgan fingerprint density at radius 3 is 2.71 bits per heavy atom. The zero-order chi connectivity index (χ0) is 21.4. The molecule has 2 bridgehead atoms. The number of nitrogens with one attached hydrogen (secondary N) is 1. The van der Waals surface area contributed by atoms with E-state index in [0.717, 1.165) is 45.3 Å². The van der Waals surface area contributed by atoms with Crippen molar-refractivity contribution >= 4 is 17.7 Å². The Hall–Kier alpha value is -2.41. The number of rotatable bonds is 4. The van der Waals surface area contributed by atoms with Crippen LogP contribution in [0.1, 0.15) is 31.2 Å². The summed E-state index contributed by atoms with van der Waals surface area (Å²) in [5, 5.41) is 2.80. The first-order chi connectivity index (χ1) is 15.1. The summed E-state index contributed by atoms with van der Waals surface area (Å²) in [6, 6.07) is 10.3. The zero-order valence-corrected chi connectivity index (χ0v) is 18.0. The lowest BCUT2D eigenvalue weighted by Crippen LogP contribution is -2.69. The van der Waals surface area contributed by atoms with Crippen LogP contribution in [-0.4, -0.2) is 83.8 Å². The van der Waals surface area contributed by atoms with Gasteiger partial charge in [-0.1, -0.05) is 30.3 Å². The van der Waals surface area contributed by atoms with Crippen molar-refractivity contribution in [2.45, 2.75) is 44.2 Å². The highest BCUT2D eigenvalue weighted by Crippen LogP contribution is 2.42. The lowest BCUT2D eigenvalue weighted by Gasteiger charge is -2.56. The van der Waals surface area contributed by atoms with Gasteiger partial charge in [-0.05, 0) is 37.2 Å². The quantitative estimate of drug-likeness (QED) is 0.779. The van der Waals surface area contributed by atoms with E-state index in [1.54, 1.807) is 4.90 Å². The summed E-state index contributed by atoms with van der Waals surface area (Å²) >= 11 is 0. The van der Waals surface area contributed by atoms with Gasteiger partial charge in [0, 0.05) is 51.1 Å². The number of piperidine rings is 3. The number of amides is 3. The summed E-state index contributed by atoms with van der Waals surface area (Å²) in [6.45, 7) is 3.95. The smallest absolute Gasteiger partial charge is 0.246 e. The van der Waals surface area contributed by atoms with Crippen molar-refractivity contribution in [2.24, 2.45) is 11.8 Å². The molecule has 0 aliphatic carbocycles. The van der Waals surface area contributed by atoms with Gasteiger partial charge in [-0.25, -0.2) is 0 Å². The average molecular weight is 425 g/mol. The third-order valence-electron chi connectivity index (χ3n) is 7.58. The highest BCUT2D eigenvalue weighted by Gasteiger charge is 2.52. The van der Waals surface area contributed by atoms with Gasteiger partial charge in [-0.15, -0.1) is 0 Å². The molecule has 4 aliphatic heterocycles. The summed E-state index contributed by atoms with van der Waals surface area (Å²) in [6.07, 6.45) is 4.45. The normalized spacial score (nSPS) is 31.2. The number of fused-ring (bicyclic) bond motifs is 4. The second-order valence-corrected chi connectivity index (χ2v) is 9.57. The molecule has 4 saturated heterocycles. The van der Waals surface area contributed by atoms with Crippen LogP contribution in [0.5, 0.6) is 0 Å². The molecule has 0 unspecified atom stereocenters. The number of nitrogens with zero attached hydrogens (tertiary/aromatic N) is 3. The van der Waals surface area contributed by atoms with Crippen LogP contribution in [0.2, 0.25) is 0 Å².